The molecule has 1 heterocycles. The van der Waals surface area contributed by atoms with E-state index in [-0.39, 0.29) is 11.8 Å². The zero-order valence-electron chi connectivity index (χ0n) is 12.7. The van der Waals surface area contributed by atoms with Crippen molar-refractivity contribution in [3.63, 3.8) is 0 Å². The van der Waals surface area contributed by atoms with Gasteiger partial charge in [0, 0.05) is 10.8 Å². The summed E-state index contributed by atoms with van der Waals surface area (Å²) in [5.41, 5.74) is 7.26. The van der Waals surface area contributed by atoms with E-state index < -0.39 is 5.91 Å². The largest absolute Gasteiger partial charge is 0.365 e. The van der Waals surface area contributed by atoms with Crippen LogP contribution in [0.1, 0.15) is 59.3 Å². The minimum atomic E-state index is -0.400. The molecule has 0 radical (unpaired) electrons. The van der Waals surface area contributed by atoms with Crippen molar-refractivity contribution in [1.82, 2.24) is 0 Å². The lowest BCUT2D eigenvalue weighted by atomic mass is 9.88. The van der Waals surface area contributed by atoms with Crippen LogP contribution >= 0.6 is 11.3 Å². The van der Waals surface area contributed by atoms with Gasteiger partial charge in [0.25, 0.3) is 5.91 Å². The molecule has 0 spiro atoms. The molecule has 3 aliphatic carbocycles. The first-order valence-electron chi connectivity index (χ1n) is 8.38. The van der Waals surface area contributed by atoms with Crippen molar-refractivity contribution in [3.8, 4) is 0 Å². The molecule has 2 amide bonds. The fourth-order valence-corrected chi connectivity index (χ4v) is 5.98. The number of aryl methyl sites for hydroxylation is 1. The number of nitrogens with two attached hydrogens (primary N) is 1. The molecule has 0 aromatic carbocycles. The summed E-state index contributed by atoms with van der Waals surface area (Å²) >= 11 is 1.56. The minimum Gasteiger partial charge on any atom is -0.365 e. The third-order valence-corrected chi connectivity index (χ3v) is 6.94. The number of nitrogens with one attached hydrogen (secondary N) is 1. The Morgan fingerprint density at radius 2 is 1.95 bits per heavy atom. The number of thiophene rings is 1. The monoisotopic (exact) mass is 318 g/mol. The maximum Gasteiger partial charge on any atom is 0.251 e. The summed E-state index contributed by atoms with van der Waals surface area (Å²) in [6, 6.07) is 0. The van der Waals surface area contributed by atoms with Crippen molar-refractivity contribution in [1.29, 1.82) is 0 Å². The molecule has 3 aliphatic rings. The molecule has 5 heteroatoms. The van der Waals surface area contributed by atoms with Gasteiger partial charge in [-0.15, -0.1) is 11.3 Å². The van der Waals surface area contributed by atoms with Gasteiger partial charge in [0.2, 0.25) is 5.91 Å². The Morgan fingerprint density at radius 3 is 2.64 bits per heavy atom. The molecule has 4 nitrogen and oxygen atoms in total. The van der Waals surface area contributed by atoms with E-state index in [9.17, 15) is 9.59 Å². The van der Waals surface area contributed by atoms with E-state index in [2.05, 4.69) is 5.32 Å². The molecule has 1 aromatic rings. The van der Waals surface area contributed by atoms with Gasteiger partial charge >= 0.3 is 0 Å². The Kier molecular flexibility index (Phi) is 3.48. The average molecular weight is 318 g/mol. The quantitative estimate of drug-likeness (QED) is 0.899. The van der Waals surface area contributed by atoms with Crippen LogP contribution in [-0.2, 0) is 17.6 Å². The van der Waals surface area contributed by atoms with Crippen molar-refractivity contribution in [2.75, 3.05) is 5.32 Å². The van der Waals surface area contributed by atoms with E-state index in [1.54, 1.807) is 11.3 Å². The molecule has 3 atom stereocenters. The number of anilines is 1. The van der Waals surface area contributed by atoms with Gasteiger partial charge in [0.05, 0.1) is 5.56 Å². The highest BCUT2D eigenvalue weighted by Gasteiger charge is 2.43. The molecule has 2 fully saturated rings. The van der Waals surface area contributed by atoms with Crippen LogP contribution in [-0.4, -0.2) is 11.8 Å². The molecule has 118 valence electrons. The predicted molar refractivity (Wildman–Crippen MR) is 87.0 cm³/mol. The van der Waals surface area contributed by atoms with E-state index in [0.717, 1.165) is 43.6 Å². The molecule has 4 rings (SSSR count). The van der Waals surface area contributed by atoms with Crippen LogP contribution in [0.5, 0.6) is 0 Å². The first kappa shape index (κ1) is 14.2. The van der Waals surface area contributed by atoms with Crippen LogP contribution in [0, 0.1) is 17.8 Å². The zero-order valence-corrected chi connectivity index (χ0v) is 13.5. The number of carbonyl (C=O) groups excluding carboxylic acids is 2. The molecule has 2 saturated carbocycles. The lowest BCUT2D eigenvalue weighted by Crippen LogP contribution is -2.28. The van der Waals surface area contributed by atoms with Gasteiger partial charge in [-0.3, -0.25) is 9.59 Å². The van der Waals surface area contributed by atoms with Crippen LogP contribution in [0.3, 0.4) is 0 Å². The first-order chi connectivity index (χ1) is 10.6. The molecule has 2 bridgehead atoms. The maximum absolute atomic E-state index is 12.6. The van der Waals surface area contributed by atoms with Gasteiger partial charge in [0.1, 0.15) is 5.00 Å². The Bertz CT molecular complexity index is 637. The van der Waals surface area contributed by atoms with Crippen LogP contribution < -0.4 is 11.1 Å². The summed E-state index contributed by atoms with van der Waals surface area (Å²) in [5.74, 6) is 1.14. The van der Waals surface area contributed by atoms with Gasteiger partial charge in [-0.2, -0.15) is 0 Å². The van der Waals surface area contributed by atoms with Crippen molar-refractivity contribution in [2.24, 2.45) is 23.5 Å². The van der Waals surface area contributed by atoms with Crippen LogP contribution in [0.2, 0.25) is 0 Å². The van der Waals surface area contributed by atoms with Crippen molar-refractivity contribution in [2.45, 2.75) is 51.4 Å². The fourth-order valence-electron chi connectivity index (χ4n) is 4.69. The van der Waals surface area contributed by atoms with Crippen LogP contribution in [0.4, 0.5) is 5.00 Å². The predicted octanol–water partition coefficient (Wildman–Crippen LogP) is 3.10. The minimum absolute atomic E-state index is 0.105. The summed E-state index contributed by atoms with van der Waals surface area (Å²) in [4.78, 5) is 25.7. The Balaban J connectivity index is 1.58. The molecule has 0 unspecified atom stereocenters. The molecular weight excluding hydrogens is 296 g/mol. The van der Waals surface area contributed by atoms with Gasteiger partial charge in [0.15, 0.2) is 0 Å². The van der Waals surface area contributed by atoms with Gasteiger partial charge in [-0.25, -0.2) is 0 Å². The van der Waals surface area contributed by atoms with E-state index in [1.165, 1.54) is 24.1 Å². The Morgan fingerprint density at radius 1 is 1.14 bits per heavy atom. The fraction of sp³-hybridized carbons (Fsp3) is 0.647. The Hall–Kier alpha value is -1.36. The van der Waals surface area contributed by atoms with E-state index in [0.29, 0.717) is 16.5 Å². The molecule has 22 heavy (non-hydrogen) atoms. The smallest absolute Gasteiger partial charge is 0.251 e. The normalized spacial score (nSPS) is 29.4. The number of amides is 2. The maximum atomic E-state index is 12.6. The summed E-state index contributed by atoms with van der Waals surface area (Å²) in [7, 11) is 0. The lowest BCUT2D eigenvalue weighted by Gasteiger charge is -2.20. The van der Waals surface area contributed by atoms with Crippen molar-refractivity contribution >= 4 is 28.2 Å². The third-order valence-electron chi connectivity index (χ3n) is 5.73. The molecule has 0 saturated heterocycles. The molecule has 3 N–H and O–H groups in total. The van der Waals surface area contributed by atoms with Crippen LogP contribution in [0.15, 0.2) is 0 Å². The first-order valence-corrected chi connectivity index (χ1v) is 9.20. The van der Waals surface area contributed by atoms with E-state index in [4.69, 9.17) is 5.73 Å². The zero-order chi connectivity index (χ0) is 15.3. The summed E-state index contributed by atoms with van der Waals surface area (Å²) < 4.78 is 0. The number of fused-ring (bicyclic) bond motifs is 3. The van der Waals surface area contributed by atoms with Crippen molar-refractivity contribution in [3.05, 3.63) is 16.0 Å². The van der Waals surface area contributed by atoms with E-state index >= 15 is 0 Å². The van der Waals surface area contributed by atoms with Crippen molar-refractivity contribution < 1.29 is 9.59 Å². The Labute approximate surface area is 134 Å². The number of carbonyl (C=O) groups is 2. The number of rotatable bonds is 3. The second kappa shape index (κ2) is 5.37. The van der Waals surface area contributed by atoms with Gasteiger partial charge < -0.3 is 11.1 Å². The molecule has 1 aromatic heterocycles. The molecule has 0 aliphatic heterocycles. The second-order valence-electron chi connectivity index (χ2n) is 7.05. The number of primary amides is 1. The topological polar surface area (TPSA) is 72.2 Å². The summed E-state index contributed by atoms with van der Waals surface area (Å²) in [6.45, 7) is 0. The van der Waals surface area contributed by atoms with Gasteiger partial charge in [-0.1, -0.05) is 6.42 Å². The van der Waals surface area contributed by atoms with Crippen LogP contribution in [0.25, 0.3) is 0 Å². The SMILES string of the molecule is NC(=O)c1c(NC(=O)[C@@H]2C[C@@H]3CC[C@H]2C3)sc2c1CCCC2. The van der Waals surface area contributed by atoms with Gasteiger partial charge in [-0.05, 0) is 62.3 Å². The summed E-state index contributed by atoms with van der Waals surface area (Å²) in [6.07, 6.45) is 8.88. The second-order valence-corrected chi connectivity index (χ2v) is 8.16. The highest BCUT2D eigenvalue weighted by molar-refractivity contribution is 7.17. The lowest BCUT2D eigenvalue weighted by molar-refractivity contribution is -0.121. The highest BCUT2D eigenvalue weighted by Crippen LogP contribution is 2.49. The highest BCUT2D eigenvalue weighted by atomic mass is 32.1. The number of hydrogen-bond acceptors (Lipinski definition) is 3. The third kappa shape index (κ3) is 2.26. The summed E-state index contributed by atoms with van der Waals surface area (Å²) in [5, 5.41) is 3.76. The standard InChI is InChI=1S/C17H22N2O2S/c18-15(20)14-11-3-1-2-4-13(11)22-17(14)19-16(21)12-8-9-5-6-10(12)7-9/h9-10,12H,1-8H2,(H2,18,20)(H,19,21)/t9-,10+,12-/m1/s1. The molecular formula is C17H22N2O2S. The van der Waals surface area contributed by atoms with E-state index in [1.807, 2.05) is 0 Å². The average Bonchev–Trinajstić information content (AvgIpc) is 3.19. The number of hydrogen-bond donors (Lipinski definition) is 2.